The Morgan fingerprint density at radius 1 is 1.32 bits per heavy atom. The van der Waals surface area contributed by atoms with E-state index in [0.717, 1.165) is 54.4 Å². The summed E-state index contributed by atoms with van der Waals surface area (Å²) < 4.78 is 1.84. The van der Waals surface area contributed by atoms with Crippen LogP contribution in [0.3, 0.4) is 0 Å². The maximum Gasteiger partial charge on any atom is 0.227 e. The highest BCUT2D eigenvalue weighted by molar-refractivity contribution is 5.79. The van der Waals surface area contributed by atoms with Crippen LogP contribution < -0.4 is 0 Å². The first kappa shape index (κ1) is 17.6. The Hall–Kier alpha value is -2.18. The Morgan fingerprint density at radius 3 is 2.68 bits per heavy atom. The molecule has 7 nitrogen and oxygen atoms in total. The molecule has 1 saturated heterocycles. The number of piperidine rings is 1. The number of H-pyrrole nitrogens is 1. The van der Waals surface area contributed by atoms with Crippen LogP contribution in [0.4, 0.5) is 0 Å². The first-order valence-corrected chi connectivity index (χ1v) is 9.09. The lowest BCUT2D eigenvalue weighted by molar-refractivity contribution is -0.134. The third-order valence-corrected chi connectivity index (χ3v) is 5.16. The molecule has 136 valence electrons. The van der Waals surface area contributed by atoms with E-state index < -0.39 is 0 Å². The normalized spacial score (nSPS) is 18.2. The molecule has 0 aliphatic carbocycles. The molecule has 0 spiro atoms. The second kappa shape index (κ2) is 6.98. The fraction of sp³-hybridized carbons (Fsp3) is 0.667. The highest BCUT2D eigenvalue weighted by atomic mass is 16.2. The van der Waals surface area contributed by atoms with E-state index in [1.165, 1.54) is 0 Å². The third kappa shape index (κ3) is 3.45. The molecule has 1 amide bonds. The fourth-order valence-corrected chi connectivity index (χ4v) is 3.54. The Labute approximate surface area is 148 Å². The zero-order chi connectivity index (χ0) is 18.1. The van der Waals surface area contributed by atoms with Gasteiger partial charge >= 0.3 is 0 Å². The minimum atomic E-state index is -0.00136. The van der Waals surface area contributed by atoms with Crippen LogP contribution in [0.2, 0.25) is 0 Å². The molecular weight excluding hydrogens is 316 g/mol. The topological polar surface area (TPSA) is 79.7 Å². The minimum absolute atomic E-state index is 0.00136. The van der Waals surface area contributed by atoms with Crippen molar-refractivity contribution in [1.29, 1.82) is 0 Å². The monoisotopic (exact) mass is 344 g/mol. The molecule has 7 heteroatoms. The predicted molar refractivity (Wildman–Crippen MR) is 95.2 cm³/mol. The van der Waals surface area contributed by atoms with Gasteiger partial charge in [0, 0.05) is 30.8 Å². The molecule has 1 N–H and O–H groups in total. The first-order valence-electron chi connectivity index (χ1n) is 9.09. The Balaban J connectivity index is 1.81. The van der Waals surface area contributed by atoms with Crippen molar-refractivity contribution in [2.75, 3.05) is 6.54 Å². The summed E-state index contributed by atoms with van der Waals surface area (Å²) in [6.45, 7) is 8.91. The molecular formula is C18H28N6O. The van der Waals surface area contributed by atoms with E-state index in [1.54, 1.807) is 0 Å². The van der Waals surface area contributed by atoms with Crippen molar-refractivity contribution < 1.29 is 4.79 Å². The van der Waals surface area contributed by atoms with Gasteiger partial charge in [0.25, 0.3) is 0 Å². The Bertz CT molecular complexity index is 760. The minimum Gasteiger partial charge on any atom is -0.332 e. The van der Waals surface area contributed by atoms with Gasteiger partial charge in [0.15, 0.2) is 5.82 Å². The van der Waals surface area contributed by atoms with Crippen LogP contribution in [0.25, 0.3) is 0 Å². The number of likely N-dealkylation sites (tertiary alicyclic amines) is 1. The van der Waals surface area contributed by atoms with Gasteiger partial charge in [-0.15, -0.1) is 0 Å². The number of amides is 1. The molecule has 1 aliphatic heterocycles. The smallest absolute Gasteiger partial charge is 0.227 e. The van der Waals surface area contributed by atoms with Crippen LogP contribution in [0.5, 0.6) is 0 Å². The second-order valence-corrected chi connectivity index (χ2v) is 7.28. The van der Waals surface area contributed by atoms with Crippen molar-refractivity contribution in [2.45, 2.75) is 65.3 Å². The van der Waals surface area contributed by atoms with E-state index in [2.05, 4.69) is 34.1 Å². The molecule has 0 radical (unpaired) electrons. The SMILES string of the molecule is Cc1nn(C)c(C)c1CC(=O)N1CCCCC1c1nc(C(C)C)n[nH]1. The van der Waals surface area contributed by atoms with Gasteiger partial charge in [-0.05, 0) is 33.1 Å². The average Bonchev–Trinajstić information content (AvgIpc) is 3.16. The van der Waals surface area contributed by atoms with Gasteiger partial charge in [0.05, 0.1) is 18.2 Å². The lowest BCUT2D eigenvalue weighted by Crippen LogP contribution is -2.40. The summed E-state index contributed by atoms with van der Waals surface area (Å²) in [7, 11) is 1.92. The number of rotatable bonds is 4. The van der Waals surface area contributed by atoms with Crippen molar-refractivity contribution in [3.8, 4) is 0 Å². The third-order valence-electron chi connectivity index (χ3n) is 5.16. The molecule has 0 bridgehead atoms. The van der Waals surface area contributed by atoms with E-state index in [1.807, 2.05) is 30.5 Å². The maximum atomic E-state index is 13.0. The largest absolute Gasteiger partial charge is 0.332 e. The zero-order valence-corrected chi connectivity index (χ0v) is 15.8. The second-order valence-electron chi connectivity index (χ2n) is 7.28. The number of aromatic amines is 1. The average molecular weight is 344 g/mol. The van der Waals surface area contributed by atoms with Gasteiger partial charge in [-0.1, -0.05) is 13.8 Å². The summed E-state index contributed by atoms with van der Waals surface area (Å²) in [5.41, 5.74) is 3.03. The van der Waals surface area contributed by atoms with E-state index in [4.69, 9.17) is 0 Å². The number of carbonyl (C=O) groups is 1. The summed E-state index contributed by atoms with van der Waals surface area (Å²) in [5, 5.41) is 11.8. The Kier molecular flexibility index (Phi) is 4.92. The number of carbonyl (C=O) groups excluding carboxylic acids is 1. The molecule has 0 saturated carbocycles. The number of aryl methyl sites for hydroxylation is 2. The number of nitrogens with one attached hydrogen (secondary N) is 1. The van der Waals surface area contributed by atoms with Crippen LogP contribution in [-0.4, -0.2) is 42.3 Å². The lowest BCUT2D eigenvalue weighted by Gasteiger charge is -2.34. The van der Waals surface area contributed by atoms with Crippen molar-refractivity contribution in [2.24, 2.45) is 7.05 Å². The summed E-state index contributed by atoms with van der Waals surface area (Å²) in [6.07, 6.45) is 3.48. The fourth-order valence-electron chi connectivity index (χ4n) is 3.54. The van der Waals surface area contributed by atoms with Gasteiger partial charge in [-0.2, -0.15) is 10.2 Å². The molecule has 2 aromatic heterocycles. The van der Waals surface area contributed by atoms with Gasteiger partial charge < -0.3 is 4.90 Å². The molecule has 1 atom stereocenters. The molecule has 25 heavy (non-hydrogen) atoms. The standard InChI is InChI=1S/C18H28N6O/c1-11(2)17-19-18(21-20-17)15-8-6-7-9-24(15)16(25)10-14-12(3)22-23(5)13(14)4/h11,15H,6-10H2,1-5H3,(H,19,20,21). The molecule has 2 aromatic rings. The Morgan fingerprint density at radius 2 is 2.08 bits per heavy atom. The summed E-state index contributed by atoms with van der Waals surface area (Å²) in [6, 6.07) is -0.00136. The van der Waals surface area contributed by atoms with Crippen LogP contribution in [0, 0.1) is 13.8 Å². The quantitative estimate of drug-likeness (QED) is 0.924. The van der Waals surface area contributed by atoms with Crippen LogP contribution in [-0.2, 0) is 18.3 Å². The molecule has 1 aliphatic rings. The van der Waals surface area contributed by atoms with Crippen molar-refractivity contribution >= 4 is 5.91 Å². The zero-order valence-electron chi connectivity index (χ0n) is 15.8. The van der Waals surface area contributed by atoms with Crippen molar-refractivity contribution in [3.63, 3.8) is 0 Å². The highest BCUT2D eigenvalue weighted by Gasteiger charge is 2.31. The van der Waals surface area contributed by atoms with Crippen LogP contribution in [0.15, 0.2) is 0 Å². The lowest BCUT2D eigenvalue weighted by atomic mass is 9.99. The first-order chi connectivity index (χ1) is 11.9. The molecule has 1 unspecified atom stereocenters. The maximum absolute atomic E-state index is 13.0. The van der Waals surface area contributed by atoms with Gasteiger partial charge in [0.1, 0.15) is 5.82 Å². The van der Waals surface area contributed by atoms with E-state index in [0.29, 0.717) is 6.42 Å². The summed E-state index contributed by atoms with van der Waals surface area (Å²) >= 11 is 0. The van der Waals surface area contributed by atoms with Gasteiger partial charge in [-0.3, -0.25) is 14.6 Å². The number of hydrogen-bond acceptors (Lipinski definition) is 4. The van der Waals surface area contributed by atoms with Gasteiger partial charge in [0.2, 0.25) is 5.91 Å². The van der Waals surface area contributed by atoms with E-state index >= 15 is 0 Å². The number of aromatic nitrogens is 5. The van der Waals surface area contributed by atoms with Gasteiger partial charge in [-0.25, -0.2) is 4.98 Å². The molecule has 3 rings (SSSR count). The predicted octanol–water partition coefficient (Wildman–Crippen LogP) is 2.57. The summed E-state index contributed by atoms with van der Waals surface area (Å²) in [4.78, 5) is 19.6. The van der Waals surface area contributed by atoms with Crippen molar-refractivity contribution in [3.05, 3.63) is 28.6 Å². The molecule has 3 heterocycles. The molecule has 0 aromatic carbocycles. The van der Waals surface area contributed by atoms with Crippen LogP contribution in [0.1, 0.15) is 73.7 Å². The van der Waals surface area contributed by atoms with E-state index in [9.17, 15) is 4.79 Å². The van der Waals surface area contributed by atoms with Crippen LogP contribution >= 0.6 is 0 Å². The summed E-state index contributed by atoms with van der Waals surface area (Å²) in [5.74, 6) is 2.05. The van der Waals surface area contributed by atoms with E-state index in [-0.39, 0.29) is 17.9 Å². The molecule has 1 fully saturated rings. The van der Waals surface area contributed by atoms with Crippen molar-refractivity contribution in [1.82, 2.24) is 29.9 Å². The highest BCUT2D eigenvalue weighted by Crippen LogP contribution is 2.30. The number of nitrogens with zero attached hydrogens (tertiary/aromatic N) is 5. The number of hydrogen-bond donors (Lipinski definition) is 1.